The van der Waals surface area contributed by atoms with E-state index in [4.69, 9.17) is 14.2 Å². The maximum absolute atomic E-state index is 7.84. The molecule has 2 saturated heterocycles. The highest BCUT2D eigenvalue weighted by Crippen LogP contribution is 2.45. The molecule has 4 atom stereocenters. The van der Waals surface area contributed by atoms with E-state index in [1.54, 1.807) is 0 Å². The molecule has 45 heavy (non-hydrogen) atoms. The fourth-order valence-electron chi connectivity index (χ4n) is 6.67. The minimum absolute atomic E-state index is 0.0645. The summed E-state index contributed by atoms with van der Waals surface area (Å²) in [6.07, 6.45) is 10.2. The molecule has 4 aromatic rings. The third-order valence-corrected chi connectivity index (χ3v) is 9.17. The molecule has 3 nitrogen and oxygen atoms in total. The highest BCUT2D eigenvalue weighted by atomic mass is 16.6. The lowest BCUT2D eigenvalue weighted by molar-refractivity contribution is -0.176. The number of hydrogen-bond acceptors (Lipinski definition) is 3. The van der Waals surface area contributed by atoms with Gasteiger partial charge in [-0.15, -0.1) is 0 Å². The van der Waals surface area contributed by atoms with Crippen molar-refractivity contribution in [2.45, 2.75) is 49.1 Å². The zero-order valence-electron chi connectivity index (χ0n) is 26.0. The van der Waals surface area contributed by atoms with Gasteiger partial charge in [0, 0.05) is 25.7 Å². The summed E-state index contributed by atoms with van der Waals surface area (Å²) >= 11 is 0. The van der Waals surface area contributed by atoms with Crippen molar-refractivity contribution < 1.29 is 14.2 Å². The van der Waals surface area contributed by atoms with Gasteiger partial charge in [-0.3, -0.25) is 0 Å². The average molecular weight is 595 g/mol. The summed E-state index contributed by atoms with van der Waals surface area (Å²) in [4.78, 5) is 0. The second kappa shape index (κ2) is 13.4. The van der Waals surface area contributed by atoms with Gasteiger partial charge in [-0.25, -0.2) is 0 Å². The molecule has 0 spiro atoms. The summed E-state index contributed by atoms with van der Waals surface area (Å²) in [5.74, 6) is 0. The first-order valence-electron chi connectivity index (χ1n) is 15.8. The quantitative estimate of drug-likeness (QED) is 0.122. The zero-order valence-corrected chi connectivity index (χ0v) is 26.0. The summed E-state index contributed by atoms with van der Waals surface area (Å²) in [7, 11) is 0. The molecule has 0 N–H and O–H groups in total. The van der Waals surface area contributed by atoms with Crippen LogP contribution >= 0.6 is 0 Å². The maximum Gasteiger partial charge on any atom is 0.111 e. The fraction of sp³-hybridized carbons (Fsp3) is 0.238. The van der Waals surface area contributed by atoms with Crippen LogP contribution in [0.25, 0.3) is 24.3 Å². The summed E-state index contributed by atoms with van der Waals surface area (Å²) in [6.45, 7) is 17.6. The van der Waals surface area contributed by atoms with Gasteiger partial charge in [0.2, 0.25) is 0 Å². The van der Waals surface area contributed by atoms with Crippen molar-refractivity contribution in [3.05, 3.63) is 168 Å². The summed E-state index contributed by atoms with van der Waals surface area (Å²) in [5.41, 5.74) is 7.75. The van der Waals surface area contributed by atoms with Crippen molar-refractivity contribution in [2.24, 2.45) is 0 Å². The van der Waals surface area contributed by atoms with E-state index >= 15 is 0 Å². The van der Waals surface area contributed by atoms with Crippen molar-refractivity contribution in [1.82, 2.24) is 0 Å². The van der Waals surface area contributed by atoms with Crippen LogP contribution in [0.3, 0.4) is 0 Å². The lowest BCUT2D eigenvalue weighted by atomic mass is 9.79. The van der Waals surface area contributed by atoms with Crippen LogP contribution < -0.4 is 0 Å². The number of epoxide rings is 2. The van der Waals surface area contributed by atoms with Crippen LogP contribution in [0.15, 0.2) is 123 Å². The van der Waals surface area contributed by atoms with Gasteiger partial charge >= 0.3 is 0 Å². The Kier molecular flexibility index (Phi) is 9.14. The van der Waals surface area contributed by atoms with E-state index in [1.165, 1.54) is 22.3 Å². The lowest BCUT2D eigenvalue weighted by Gasteiger charge is -2.44. The zero-order chi connectivity index (χ0) is 31.3. The molecule has 0 saturated carbocycles. The molecule has 0 aliphatic carbocycles. The largest absolute Gasteiger partial charge is 0.370 e. The molecule has 6 rings (SSSR count). The molecule has 3 heteroatoms. The second-order valence-corrected chi connectivity index (χ2v) is 12.3. The van der Waals surface area contributed by atoms with Gasteiger partial charge in [0.25, 0.3) is 0 Å². The predicted molar refractivity (Wildman–Crippen MR) is 187 cm³/mol. The Hall–Kier alpha value is -4.28. The van der Waals surface area contributed by atoms with Crippen LogP contribution in [0.1, 0.15) is 44.5 Å². The average Bonchev–Trinajstić information content (AvgIpc) is 3.99. The van der Waals surface area contributed by atoms with Crippen LogP contribution in [0.2, 0.25) is 0 Å². The van der Waals surface area contributed by atoms with Crippen LogP contribution in [-0.4, -0.2) is 36.6 Å². The smallest absolute Gasteiger partial charge is 0.111 e. The first-order valence-corrected chi connectivity index (χ1v) is 15.8. The van der Waals surface area contributed by atoms with E-state index < -0.39 is 11.2 Å². The Bertz CT molecular complexity index is 1540. The Morgan fingerprint density at radius 1 is 0.556 bits per heavy atom. The van der Waals surface area contributed by atoms with Gasteiger partial charge in [0.05, 0.1) is 13.2 Å². The number of ether oxygens (including phenoxy) is 3. The number of benzene rings is 4. The molecule has 2 heterocycles. The predicted octanol–water partition coefficient (Wildman–Crippen LogP) is 8.82. The minimum Gasteiger partial charge on any atom is -0.370 e. The topological polar surface area (TPSA) is 34.3 Å². The van der Waals surface area contributed by atoms with E-state index in [2.05, 4.69) is 123 Å². The Morgan fingerprint density at radius 2 is 0.956 bits per heavy atom. The van der Waals surface area contributed by atoms with Crippen LogP contribution in [-0.2, 0) is 39.9 Å². The van der Waals surface area contributed by atoms with Crippen LogP contribution in [0.5, 0.6) is 0 Å². The fourth-order valence-corrected chi connectivity index (χ4v) is 6.67. The molecular formula is C42H42O3. The minimum atomic E-state index is -0.662. The van der Waals surface area contributed by atoms with E-state index in [-0.39, 0.29) is 12.2 Å². The van der Waals surface area contributed by atoms with Crippen LogP contribution in [0, 0.1) is 0 Å². The lowest BCUT2D eigenvalue weighted by Crippen LogP contribution is -2.56. The summed E-state index contributed by atoms with van der Waals surface area (Å²) < 4.78 is 20.3. The van der Waals surface area contributed by atoms with Gasteiger partial charge in [-0.2, -0.15) is 0 Å². The summed E-state index contributed by atoms with van der Waals surface area (Å²) in [6, 6.07) is 34.2. The third kappa shape index (κ3) is 7.02. The van der Waals surface area contributed by atoms with Gasteiger partial charge in [-0.05, 0) is 56.6 Å². The second-order valence-electron chi connectivity index (χ2n) is 12.3. The molecular weight excluding hydrogens is 552 g/mol. The molecule has 0 amide bonds. The Morgan fingerprint density at radius 3 is 1.29 bits per heavy atom. The van der Waals surface area contributed by atoms with Crippen molar-refractivity contribution in [3.8, 4) is 0 Å². The van der Waals surface area contributed by atoms with Crippen molar-refractivity contribution >= 4 is 24.3 Å². The van der Waals surface area contributed by atoms with Crippen molar-refractivity contribution in [1.29, 1.82) is 0 Å². The molecule has 2 aliphatic heterocycles. The molecule has 2 aliphatic rings. The normalized spacial score (nSPS) is 19.5. The Balaban J connectivity index is 1.50. The maximum atomic E-state index is 7.84. The molecule has 0 bridgehead atoms. The summed E-state index contributed by atoms with van der Waals surface area (Å²) in [5, 5.41) is 0. The standard InChI is InChI=1S/C42H42O3/c1-5-31-19-21-37(35(7-3)23-31)27-41(39-29-43-39,25-33-15-11-9-12-16-33)45-42(40-30-44-40,26-34-17-13-10-14-18-34)28-38-22-20-32(6-2)24-36(38)8-4/h5-24,39-40H,1-4,25-30H2. The molecule has 0 radical (unpaired) electrons. The number of rotatable bonds is 16. The highest BCUT2D eigenvalue weighted by molar-refractivity contribution is 5.60. The third-order valence-electron chi connectivity index (χ3n) is 9.17. The van der Waals surface area contributed by atoms with Gasteiger partial charge in [-0.1, -0.05) is 136 Å². The molecule has 4 unspecified atom stereocenters. The number of hydrogen-bond donors (Lipinski definition) is 0. The van der Waals surface area contributed by atoms with E-state index in [9.17, 15) is 0 Å². The van der Waals surface area contributed by atoms with Crippen molar-refractivity contribution in [3.63, 3.8) is 0 Å². The van der Waals surface area contributed by atoms with E-state index in [1.807, 2.05) is 24.3 Å². The van der Waals surface area contributed by atoms with Crippen molar-refractivity contribution in [2.75, 3.05) is 13.2 Å². The monoisotopic (exact) mass is 594 g/mol. The highest BCUT2D eigenvalue weighted by Gasteiger charge is 2.57. The first-order chi connectivity index (χ1) is 22.0. The van der Waals surface area contributed by atoms with E-state index in [0.717, 1.165) is 22.3 Å². The van der Waals surface area contributed by atoms with E-state index in [0.29, 0.717) is 38.9 Å². The molecule has 228 valence electrons. The Labute approximate surface area is 268 Å². The molecule has 0 aromatic heterocycles. The first kappa shape index (κ1) is 30.7. The SMILES string of the molecule is C=Cc1ccc(CC(Cc2ccccc2)(OC(Cc2ccccc2)(Cc2ccc(C=C)cc2C=C)C2CO2)C2CO2)c(C=C)c1. The van der Waals surface area contributed by atoms with Gasteiger partial charge in [0.1, 0.15) is 23.4 Å². The van der Waals surface area contributed by atoms with Gasteiger partial charge in [0.15, 0.2) is 0 Å². The van der Waals surface area contributed by atoms with Crippen LogP contribution in [0.4, 0.5) is 0 Å². The molecule has 4 aromatic carbocycles. The van der Waals surface area contributed by atoms with Gasteiger partial charge < -0.3 is 14.2 Å². The molecule has 2 fully saturated rings.